The lowest BCUT2D eigenvalue weighted by Crippen LogP contribution is -2.35. The Bertz CT molecular complexity index is 782. The summed E-state index contributed by atoms with van der Waals surface area (Å²) in [6.07, 6.45) is 1.77. The number of ether oxygens (including phenoxy) is 1. The highest BCUT2D eigenvalue weighted by atomic mass is 16.5. The van der Waals surface area contributed by atoms with Crippen molar-refractivity contribution in [1.29, 1.82) is 0 Å². The topological polar surface area (TPSA) is 58.2 Å². The van der Waals surface area contributed by atoms with Crippen LogP contribution in [0.1, 0.15) is 28.2 Å². The van der Waals surface area contributed by atoms with Crippen molar-refractivity contribution in [1.82, 2.24) is 14.9 Å². The molecule has 114 valence electrons. The molecule has 1 aromatic heterocycles. The summed E-state index contributed by atoms with van der Waals surface area (Å²) in [5.41, 5.74) is 4.41. The van der Waals surface area contributed by atoms with Gasteiger partial charge in [-0.3, -0.25) is 9.69 Å². The average molecular weight is 297 g/mol. The van der Waals surface area contributed by atoms with E-state index < -0.39 is 0 Å². The summed E-state index contributed by atoms with van der Waals surface area (Å²) in [6.45, 7) is 5.16. The summed E-state index contributed by atoms with van der Waals surface area (Å²) in [7, 11) is 0. The van der Waals surface area contributed by atoms with Crippen molar-refractivity contribution in [2.24, 2.45) is 0 Å². The molecule has 0 amide bonds. The summed E-state index contributed by atoms with van der Waals surface area (Å²) >= 11 is 0. The average Bonchev–Trinajstić information content (AvgIpc) is 2.94. The van der Waals surface area contributed by atoms with E-state index in [0.29, 0.717) is 5.82 Å². The quantitative estimate of drug-likeness (QED) is 0.914. The second-order valence-corrected chi connectivity index (χ2v) is 6.08. The van der Waals surface area contributed by atoms with Gasteiger partial charge in [-0.15, -0.1) is 0 Å². The molecule has 1 aromatic carbocycles. The molecule has 2 aliphatic heterocycles. The van der Waals surface area contributed by atoms with Gasteiger partial charge in [0, 0.05) is 31.6 Å². The molecule has 0 fully saturated rings. The molecule has 0 bridgehead atoms. The van der Waals surface area contributed by atoms with Crippen LogP contribution < -0.4 is 10.3 Å². The van der Waals surface area contributed by atoms with E-state index in [-0.39, 0.29) is 5.56 Å². The van der Waals surface area contributed by atoms with Crippen LogP contribution in [0.5, 0.6) is 5.75 Å². The maximum absolute atomic E-state index is 11.9. The first kappa shape index (κ1) is 13.5. The number of hydrogen-bond acceptors (Lipinski definition) is 4. The van der Waals surface area contributed by atoms with E-state index in [1.165, 1.54) is 11.1 Å². The van der Waals surface area contributed by atoms with E-state index in [4.69, 9.17) is 4.74 Å². The lowest BCUT2D eigenvalue weighted by Gasteiger charge is -2.27. The molecule has 0 unspecified atom stereocenters. The zero-order chi connectivity index (χ0) is 15.1. The molecule has 2 aromatic rings. The third-order valence-electron chi connectivity index (χ3n) is 4.43. The fourth-order valence-corrected chi connectivity index (χ4v) is 3.35. The fraction of sp³-hybridized carbons (Fsp3) is 0.412. The maximum atomic E-state index is 11.9. The molecule has 3 heterocycles. The molecule has 4 rings (SSSR count). The molecule has 0 atom stereocenters. The van der Waals surface area contributed by atoms with Crippen molar-refractivity contribution in [3.63, 3.8) is 0 Å². The highest BCUT2D eigenvalue weighted by molar-refractivity contribution is 5.39. The smallest absolute Gasteiger partial charge is 0.254 e. The van der Waals surface area contributed by atoms with Crippen molar-refractivity contribution in [2.75, 3.05) is 13.2 Å². The maximum Gasteiger partial charge on any atom is 0.254 e. The Balaban J connectivity index is 1.54. The molecular weight excluding hydrogens is 278 g/mol. The molecule has 0 spiro atoms. The summed E-state index contributed by atoms with van der Waals surface area (Å²) in [5, 5.41) is 0. The molecule has 1 N–H and O–H groups in total. The zero-order valence-corrected chi connectivity index (χ0v) is 12.7. The Hall–Kier alpha value is -2.14. The lowest BCUT2D eigenvalue weighted by atomic mass is 10.0. The number of aromatic nitrogens is 2. The van der Waals surface area contributed by atoms with Crippen LogP contribution in [0.4, 0.5) is 0 Å². The highest BCUT2D eigenvalue weighted by Gasteiger charge is 2.21. The van der Waals surface area contributed by atoms with Gasteiger partial charge in [0.25, 0.3) is 5.56 Å². The van der Waals surface area contributed by atoms with E-state index >= 15 is 0 Å². The SMILES string of the molecule is Cc1nc2c(c(=O)[nH]1)CCN(Cc1ccc3c(c1)CCO3)C2. The van der Waals surface area contributed by atoms with Gasteiger partial charge in [0.05, 0.1) is 12.3 Å². The Labute approximate surface area is 129 Å². The Kier molecular flexibility index (Phi) is 3.22. The normalized spacial score (nSPS) is 17.0. The Morgan fingerprint density at radius 2 is 2.27 bits per heavy atom. The first-order valence-electron chi connectivity index (χ1n) is 7.75. The predicted molar refractivity (Wildman–Crippen MR) is 83.1 cm³/mol. The Morgan fingerprint density at radius 3 is 3.18 bits per heavy atom. The van der Waals surface area contributed by atoms with E-state index in [2.05, 4.69) is 33.1 Å². The second kappa shape index (κ2) is 5.25. The van der Waals surface area contributed by atoms with Crippen LogP contribution in [0, 0.1) is 6.92 Å². The number of hydrogen-bond donors (Lipinski definition) is 1. The second-order valence-electron chi connectivity index (χ2n) is 6.08. The molecular formula is C17H19N3O2. The lowest BCUT2D eigenvalue weighted by molar-refractivity contribution is 0.240. The van der Waals surface area contributed by atoms with Gasteiger partial charge in [-0.25, -0.2) is 4.98 Å². The van der Waals surface area contributed by atoms with Gasteiger partial charge < -0.3 is 9.72 Å². The van der Waals surface area contributed by atoms with Crippen LogP contribution in [0.3, 0.4) is 0 Å². The standard InChI is InChI=1S/C17H19N3O2/c1-11-18-15-10-20(6-4-14(15)17(21)19-11)9-12-2-3-16-13(8-12)5-7-22-16/h2-3,8H,4-7,9-10H2,1H3,(H,18,19,21). The van der Waals surface area contributed by atoms with E-state index in [0.717, 1.165) is 56.1 Å². The van der Waals surface area contributed by atoms with Crippen LogP contribution in [0.15, 0.2) is 23.0 Å². The molecule has 5 heteroatoms. The van der Waals surface area contributed by atoms with Crippen LogP contribution in [0.25, 0.3) is 0 Å². The van der Waals surface area contributed by atoms with Crippen LogP contribution in [0.2, 0.25) is 0 Å². The zero-order valence-electron chi connectivity index (χ0n) is 12.7. The minimum atomic E-state index is 0.0248. The number of nitrogens with zero attached hydrogens (tertiary/aromatic N) is 2. The number of aromatic amines is 1. The molecule has 2 aliphatic rings. The number of H-pyrrole nitrogens is 1. The van der Waals surface area contributed by atoms with Gasteiger partial charge in [0.1, 0.15) is 11.6 Å². The minimum absolute atomic E-state index is 0.0248. The van der Waals surface area contributed by atoms with Crippen molar-refractivity contribution >= 4 is 0 Å². The van der Waals surface area contributed by atoms with Crippen LogP contribution in [-0.4, -0.2) is 28.0 Å². The van der Waals surface area contributed by atoms with Gasteiger partial charge in [0.2, 0.25) is 0 Å². The van der Waals surface area contributed by atoms with E-state index in [1.54, 1.807) is 0 Å². The first-order valence-corrected chi connectivity index (χ1v) is 7.75. The molecule has 0 saturated heterocycles. The number of aryl methyl sites for hydroxylation is 1. The third-order valence-corrected chi connectivity index (χ3v) is 4.43. The van der Waals surface area contributed by atoms with Gasteiger partial charge in [-0.05, 0) is 30.5 Å². The molecule has 0 radical (unpaired) electrons. The van der Waals surface area contributed by atoms with Crippen molar-refractivity contribution < 1.29 is 4.74 Å². The monoisotopic (exact) mass is 297 g/mol. The fourth-order valence-electron chi connectivity index (χ4n) is 3.35. The van der Waals surface area contributed by atoms with Gasteiger partial charge in [-0.2, -0.15) is 0 Å². The number of nitrogens with one attached hydrogen (secondary N) is 1. The van der Waals surface area contributed by atoms with Crippen LogP contribution in [-0.2, 0) is 25.9 Å². The Morgan fingerprint density at radius 1 is 1.36 bits per heavy atom. The van der Waals surface area contributed by atoms with E-state index in [1.807, 2.05) is 6.92 Å². The van der Waals surface area contributed by atoms with Gasteiger partial charge >= 0.3 is 0 Å². The molecule has 22 heavy (non-hydrogen) atoms. The van der Waals surface area contributed by atoms with E-state index in [9.17, 15) is 4.79 Å². The largest absolute Gasteiger partial charge is 0.493 e. The predicted octanol–water partition coefficient (Wildman–Crippen LogP) is 1.57. The molecule has 5 nitrogen and oxygen atoms in total. The van der Waals surface area contributed by atoms with Crippen molar-refractivity contribution in [3.05, 3.63) is 56.8 Å². The number of fused-ring (bicyclic) bond motifs is 2. The first-order chi connectivity index (χ1) is 10.7. The third kappa shape index (κ3) is 2.41. The summed E-state index contributed by atoms with van der Waals surface area (Å²) < 4.78 is 5.55. The highest BCUT2D eigenvalue weighted by Crippen LogP contribution is 2.27. The number of benzene rings is 1. The van der Waals surface area contributed by atoms with Crippen molar-refractivity contribution in [2.45, 2.75) is 32.9 Å². The number of rotatable bonds is 2. The minimum Gasteiger partial charge on any atom is -0.493 e. The molecule has 0 aliphatic carbocycles. The summed E-state index contributed by atoms with van der Waals surface area (Å²) in [5.74, 6) is 1.72. The molecule has 0 saturated carbocycles. The van der Waals surface area contributed by atoms with Crippen LogP contribution >= 0.6 is 0 Å². The summed E-state index contributed by atoms with van der Waals surface area (Å²) in [4.78, 5) is 21.6. The van der Waals surface area contributed by atoms with Crippen molar-refractivity contribution in [3.8, 4) is 5.75 Å². The summed E-state index contributed by atoms with van der Waals surface area (Å²) in [6, 6.07) is 6.45. The van der Waals surface area contributed by atoms with Gasteiger partial charge in [0.15, 0.2) is 0 Å². The van der Waals surface area contributed by atoms with Gasteiger partial charge in [-0.1, -0.05) is 12.1 Å².